The number of phenolic OH excluding ortho intramolecular Hbond substituents is 1. The van der Waals surface area contributed by atoms with Gasteiger partial charge in [0, 0.05) is 5.39 Å². The number of phenols is 1. The zero-order valence-corrected chi connectivity index (χ0v) is 8.40. The van der Waals surface area contributed by atoms with Crippen molar-refractivity contribution in [1.29, 1.82) is 0 Å². The van der Waals surface area contributed by atoms with Gasteiger partial charge in [-0.2, -0.15) is 0 Å². The van der Waals surface area contributed by atoms with Crippen molar-refractivity contribution in [3.8, 4) is 5.75 Å². The number of nitrogens with zero attached hydrogens (tertiary/aromatic N) is 1. The monoisotopic (exact) mass is 221 g/mol. The summed E-state index contributed by atoms with van der Waals surface area (Å²) in [7, 11) is 0. The van der Waals surface area contributed by atoms with Crippen LogP contribution in [0.3, 0.4) is 0 Å². The molecule has 0 spiro atoms. The van der Waals surface area contributed by atoms with E-state index in [1.54, 1.807) is 24.3 Å². The summed E-state index contributed by atoms with van der Waals surface area (Å²) in [4.78, 5) is 10.6. The maximum Gasteiger partial charge on any atom is 0.269 e. The molecule has 0 radical (unpaired) electrons. The summed E-state index contributed by atoms with van der Waals surface area (Å²) in [5, 5.41) is 21.6. The third-order valence-electron chi connectivity index (χ3n) is 2.04. The van der Waals surface area contributed by atoms with Gasteiger partial charge in [0.25, 0.3) is 11.9 Å². The fourth-order valence-corrected chi connectivity index (χ4v) is 1.88. The van der Waals surface area contributed by atoms with E-state index in [9.17, 15) is 15.2 Å². The number of hydrogen-bond acceptors (Lipinski definition) is 4. The van der Waals surface area contributed by atoms with Crippen molar-refractivity contribution < 1.29 is 9.44 Å². The van der Waals surface area contributed by atoms with Crippen LogP contribution in [-0.2, 0) is 0 Å². The highest BCUT2D eigenvalue weighted by molar-refractivity contribution is 7.93. The maximum atomic E-state index is 10.3. The third-order valence-corrected chi connectivity index (χ3v) is 2.71. The number of fused-ring (bicyclic) bond motifs is 1. The molecule has 76 valence electrons. The number of nitro groups is 1. The highest BCUT2D eigenvalue weighted by Crippen LogP contribution is 2.34. The first-order valence-electron chi connectivity index (χ1n) is 4.21. The summed E-state index contributed by atoms with van der Waals surface area (Å²) < 4.78 is -0.538. The summed E-state index contributed by atoms with van der Waals surface area (Å²) >= 11 is 0.412. The lowest BCUT2D eigenvalue weighted by molar-refractivity contribution is -0.284. The largest absolute Gasteiger partial charge is 0.506 e. The second kappa shape index (κ2) is 3.78. The van der Waals surface area contributed by atoms with E-state index in [2.05, 4.69) is 0 Å². The molecule has 2 aromatic rings. The molecule has 15 heavy (non-hydrogen) atoms. The average molecular weight is 221 g/mol. The molecule has 0 bridgehead atoms. The summed E-state index contributed by atoms with van der Waals surface area (Å²) in [5.41, 5.74) is 0. The van der Waals surface area contributed by atoms with Crippen molar-refractivity contribution in [2.75, 3.05) is 0 Å². The predicted molar refractivity (Wildman–Crippen MR) is 58.5 cm³/mol. The van der Waals surface area contributed by atoms with Gasteiger partial charge in [0.2, 0.25) is 0 Å². The molecular weight excluding hydrogens is 214 g/mol. The Morgan fingerprint density at radius 2 is 1.93 bits per heavy atom. The van der Waals surface area contributed by atoms with E-state index >= 15 is 0 Å². The Bertz CT molecular complexity index is 527. The maximum absolute atomic E-state index is 10.3. The van der Waals surface area contributed by atoms with Crippen molar-refractivity contribution in [3.63, 3.8) is 0 Å². The van der Waals surface area contributed by atoms with E-state index in [0.717, 1.165) is 5.39 Å². The van der Waals surface area contributed by atoms with Crippen LogP contribution in [0.4, 0.5) is 0 Å². The molecule has 4 nitrogen and oxygen atoms in total. The van der Waals surface area contributed by atoms with Gasteiger partial charge in [0.05, 0.1) is 0 Å². The van der Waals surface area contributed by atoms with Crippen molar-refractivity contribution in [1.82, 2.24) is 0 Å². The van der Waals surface area contributed by atoms with Gasteiger partial charge in [-0.15, -0.1) is 0 Å². The van der Waals surface area contributed by atoms with Gasteiger partial charge in [-0.25, -0.2) is 0 Å². The Kier molecular flexibility index (Phi) is 2.47. The van der Waals surface area contributed by atoms with Gasteiger partial charge in [0.1, 0.15) is 15.0 Å². The topological polar surface area (TPSA) is 63.4 Å². The normalized spacial score (nSPS) is 10.4. The number of benzene rings is 2. The summed E-state index contributed by atoms with van der Waals surface area (Å²) in [6, 6.07) is 10.5. The van der Waals surface area contributed by atoms with Crippen LogP contribution in [0.25, 0.3) is 10.8 Å². The molecule has 0 amide bonds. The van der Waals surface area contributed by atoms with Crippen LogP contribution in [0.5, 0.6) is 5.75 Å². The molecule has 0 saturated heterocycles. The molecule has 5 heteroatoms. The summed E-state index contributed by atoms with van der Waals surface area (Å²) in [5.74, 6) is -0.0326. The van der Waals surface area contributed by atoms with Crippen molar-refractivity contribution in [3.05, 3.63) is 46.5 Å². The summed E-state index contributed by atoms with van der Waals surface area (Å²) in [6.45, 7) is 0. The minimum atomic E-state index is -0.538. The van der Waals surface area contributed by atoms with E-state index in [-0.39, 0.29) is 10.6 Å². The highest BCUT2D eigenvalue weighted by Gasteiger charge is 2.13. The molecule has 0 aliphatic heterocycles. The van der Waals surface area contributed by atoms with E-state index in [1.807, 2.05) is 12.1 Å². The molecule has 1 N–H and O–H groups in total. The first-order chi connectivity index (χ1) is 7.18. The molecule has 2 rings (SSSR count). The van der Waals surface area contributed by atoms with Gasteiger partial charge in [-0.1, -0.05) is 30.3 Å². The number of rotatable bonds is 2. The van der Waals surface area contributed by atoms with Crippen LogP contribution in [0.2, 0.25) is 0 Å². The van der Waals surface area contributed by atoms with Crippen LogP contribution < -0.4 is 0 Å². The van der Waals surface area contributed by atoms with Crippen LogP contribution in [0.15, 0.2) is 41.3 Å². The Hall–Kier alpha value is -1.75. The van der Waals surface area contributed by atoms with Crippen LogP contribution in [-0.4, -0.2) is 9.44 Å². The molecule has 0 fully saturated rings. The fourth-order valence-electron chi connectivity index (χ4n) is 1.39. The van der Waals surface area contributed by atoms with E-state index in [0.29, 0.717) is 17.3 Å². The lowest BCUT2D eigenvalue weighted by atomic mass is 10.1. The highest BCUT2D eigenvalue weighted by atomic mass is 32.2. The van der Waals surface area contributed by atoms with E-state index in [1.165, 1.54) is 0 Å². The quantitative estimate of drug-likeness (QED) is 0.481. The van der Waals surface area contributed by atoms with Gasteiger partial charge in [-0.3, -0.25) is 10.1 Å². The lowest BCUT2D eigenvalue weighted by Crippen LogP contribution is -1.84. The van der Waals surface area contributed by atoms with Crippen LogP contribution in [0, 0.1) is 10.1 Å². The van der Waals surface area contributed by atoms with E-state index < -0.39 is 4.33 Å². The minimum absolute atomic E-state index is 0.0326. The Labute approximate surface area is 89.8 Å². The number of hydrogen-bond donors (Lipinski definition) is 1. The Morgan fingerprint density at radius 3 is 2.67 bits per heavy atom. The van der Waals surface area contributed by atoms with Crippen molar-refractivity contribution in [2.24, 2.45) is 0 Å². The van der Waals surface area contributed by atoms with Crippen molar-refractivity contribution in [2.45, 2.75) is 4.90 Å². The van der Waals surface area contributed by atoms with Gasteiger partial charge < -0.3 is 5.11 Å². The SMILES string of the molecule is O=[N+]([O-])Sc1ccc2ccccc2c1O. The first-order valence-corrected chi connectivity index (χ1v) is 4.99. The summed E-state index contributed by atoms with van der Waals surface area (Å²) in [6.07, 6.45) is 0. The second-order valence-electron chi connectivity index (χ2n) is 2.95. The Balaban J connectivity index is 2.59. The molecule has 0 saturated carbocycles. The van der Waals surface area contributed by atoms with Crippen molar-refractivity contribution >= 4 is 22.7 Å². The van der Waals surface area contributed by atoms with Gasteiger partial charge in [-0.05, 0) is 11.5 Å². The van der Waals surface area contributed by atoms with Gasteiger partial charge in [0.15, 0.2) is 0 Å². The average Bonchev–Trinajstić information content (AvgIpc) is 2.22. The molecular formula is C10H7NO3S. The van der Waals surface area contributed by atoms with Crippen LogP contribution >= 0.6 is 11.9 Å². The smallest absolute Gasteiger partial charge is 0.269 e. The molecule has 0 atom stereocenters. The molecule has 0 heterocycles. The van der Waals surface area contributed by atoms with Gasteiger partial charge >= 0.3 is 0 Å². The minimum Gasteiger partial charge on any atom is -0.506 e. The predicted octanol–water partition coefficient (Wildman–Crippen LogP) is 2.83. The zero-order chi connectivity index (χ0) is 10.8. The lowest BCUT2D eigenvalue weighted by Gasteiger charge is -2.02. The standard InChI is InChI=1S/C10H7NO3S/c12-10-8-4-2-1-3-7(8)5-6-9(10)15-11(13)14/h1-6,12H. The molecule has 0 unspecified atom stereocenters. The molecule has 2 aromatic carbocycles. The molecule has 0 aromatic heterocycles. The van der Waals surface area contributed by atoms with E-state index in [4.69, 9.17) is 0 Å². The molecule has 0 aliphatic rings. The van der Waals surface area contributed by atoms with Crippen LogP contribution in [0.1, 0.15) is 0 Å². The third kappa shape index (κ3) is 1.87. The molecule has 0 aliphatic carbocycles. The zero-order valence-electron chi connectivity index (χ0n) is 7.58. The number of aromatic hydroxyl groups is 1. The first kappa shape index (κ1) is 9.79. The fraction of sp³-hybridized carbons (Fsp3) is 0. The Morgan fingerprint density at radius 1 is 1.20 bits per heavy atom. The second-order valence-corrected chi connectivity index (χ2v) is 3.87.